The Morgan fingerprint density at radius 1 is 1.40 bits per heavy atom. The van der Waals surface area contributed by atoms with Gasteiger partial charge in [-0.05, 0) is 36.5 Å². The molecule has 0 aromatic heterocycles. The van der Waals surface area contributed by atoms with Crippen molar-refractivity contribution in [2.24, 2.45) is 11.1 Å². The number of carbonyl (C=O) groups is 1. The van der Waals surface area contributed by atoms with Crippen LogP contribution in [0.4, 0.5) is 4.39 Å². The number of nitrogens with zero attached hydrogens (tertiary/aromatic N) is 1. The van der Waals surface area contributed by atoms with Crippen molar-refractivity contribution >= 4 is 15.9 Å². The topological polar surface area (TPSA) is 92.5 Å². The molecule has 1 saturated heterocycles. The Morgan fingerprint density at radius 3 is 2.68 bits per heavy atom. The lowest BCUT2D eigenvalue weighted by Crippen LogP contribution is -2.56. The molecule has 140 valence electrons. The van der Waals surface area contributed by atoms with Crippen molar-refractivity contribution in [1.29, 1.82) is 0 Å². The van der Waals surface area contributed by atoms with Gasteiger partial charge in [-0.15, -0.1) is 0 Å². The van der Waals surface area contributed by atoms with Crippen molar-refractivity contribution in [3.05, 3.63) is 30.1 Å². The van der Waals surface area contributed by atoms with Gasteiger partial charge in [0.1, 0.15) is 5.82 Å². The molecule has 1 heterocycles. The van der Waals surface area contributed by atoms with Crippen molar-refractivity contribution in [1.82, 2.24) is 9.62 Å². The summed E-state index contributed by atoms with van der Waals surface area (Å²) in [5.41, 5.74) is 5.66. The first kappa shape index (κ1) is 19.8. The van der Waals surface area contributed by atoms with E-state index in [-0.39, 0.29) is 22.8 Å². The molecule has 0 radical (unpaired) electrons. The number of rotatable bonds is 4. The van der Waals surface area contributed by atoms with Crippen molar-refractivity contribution in [2.45, 2.75) is 50.6 Å². The fraction of sp³-hybridized carbons (Fsp3) is 0.588. The first-order chi connectivity index (χ1) is 11.5. The Kier molecular flexibility index (Phi) is 5.86. The Balaban J connectivity index is 2.07. The molecule has 1 unspecified atom stereocenters. The predicted octanol–water partition coefficient (Wildman–Crippen LogP) is 1.47. The second-order valence-corrected chi connectivity index (χ2v) is 9.26. The Labute approximate surface area is 148 Å². The highest BCUT2D eigenvalue weighted by atomic mass is 32.2. The van der Waals surface area contributed by atoms with Crippen molar-refractivity contribution in [2.75, 3.05) is 13.1 Å². The third-order valence-corrected chi connectivity index (χ3v) is 5.88. The molecule has 8 heteroatoms. The molecule has 0 aliphatic carbocycles. The predicted molar refractivity (Wildman–Crippen MR) is 93.8 cm³/mol. The molecule has 2 atom stereocenters. The molecule has 25 heavy (non-hydrogen) atoms. The number of halogens is 1. The number of sulfonamides is 1. The minimum absolute atomic E-state index is 0.123. The Morgan fingerprint density at radius 2 is 2.08 bits per heavy atom. The highest BCUT2D eigenvalue weighted by molar-refractivity contribution is 7.89. The van der Waals surface area contributed by atoms with Crippen LogP contribution in [0.5, 0.6) is 0 Å². The van der Waals surface area contributed by atoms with Crippen LogP contribution >= 0.6 is 0 Å². The highest BCUT2D eigenvalue weighted by Gasteiger charge is 2.34. The van der Waals surface area contributed by atoms with E-state index in [2.05, 4.69) is 4.72 Å². The van der Waals surface area contributed by atoms with E-state index in [4.69, 9.17) is 5.73 Å². The SMILES string of the molecule is CC(C)(C)[C@H](N)C(=O)N1CCCC(NS(=O)(=O)c2cccc(F)c2)C1. The van der Waals surface area contributed by atoms with Crippen LogP contribution in [0.25, 0.3) is 0 Å². The molecular formula is C17H26FN3O3S. The molecule has 3 N–H and O–H groups in total. The normalized spacial score (nSPS) is 20.4. The van der Waals surface area contributed by atoms with E-state index in [1.165, 1.54) is 18.2 Å². The molecule has 1 aromatic rings. The van der Waals surface area contributed by atoms with Gasteiger partial charge in [-0.3, -0.25) is 4.79 Å². The lowest BCUT2D eigenvalue weighted by molar-refractivity contribution is -0.136. The number of amides is 1. The summed E-state index contributed by atoms with van der Waals surface area (Å²) in [6.45, 7) is 6.49. The lowest BCUT2D eigenvalue weighted by Gasteiger charge is -2.37. The van der Waals surface area contributed by atoms with Crippen LogP contribution in [0, 0.1) is 11.2 Å². The van der Waals surface area contributed by atoms with Crippen LogP contribution in [0.15, 0.2) is 29.2 Å². The number of benzene rings is 1. The van der Waals surface area contributed by atoms with Crippen molar-refractivity contribution in [3.8, 4) is 0 Å². The van der Waals surface area contributed by atoms with Gasteiger partial charge in [0.25, 0.3) is 0 Å². The van der Waals surface area contributed by atoms with E-state index in [9.17, 15) is 17.6 Å². The zero-order chi connectivity index (χ0) is 18.8. The molecule has 0 bridgehead atoms. The number of hydrogen-bond donors (Lipinski definition) is 2. The quantitative estimate of drug-likeness (QED) is 0.838. The van der Waals surface area contributed by atoms with E-state index in [1.54, 1.807) is 4.90 Å². The van der Waals surface area contributed by atoms with E-state index >= 15 is 0 Å². The average molecular weight is 371 g/mol. The zero-order valence-electron chi connectivity index (χ0n) is 14.8. The van der Waals surface area contributed by atoms with Gasteiger partial charge < -0.3 is 10.6 Å². The molecule has 1 aliphatic rings. The van der Waals surface area contributed by atoms with Crippen LogP contribution in [-0.4, -0.2) is 44.4 Å². The van der Waals surface area contributed by atoms with Gasteiger partial charge in [0.15, 0.2) is 0 Å². The van der Waals surface area contributed by atoms with Crippen molar-refractivity contribution in [3.63, 3.8) is 0 Å². The molecular weight excluding hydrogens is 345 g/mol. The summed E-state index contributed by atoms with van der Waals surface area (Å²) in [4.78, 5) is 14.0. The molecule has 0 spiro atoms. The number of piperidine rings is 1. The Hall–Kier alpha value is -1.51. The summed E-state index contributed by atoms with van der Waals surface area (Å²) < 4.78 is 40.7. The van der Waals surface area contributed by atoms with E-state index in [0.29, 0.717) is 19.4 Å². The number of nitrogens with one attached hydrogen (secondary N) is 1. The van der Waals surface area contributed by atoms with E-state index in [0.717, 1.165) is 6.07 Å². The molecule has 6 nitrogen and oxygen atoms in total. The number of likely N-dealkylation sites (tertiary alicyclic amines) is 1. The van der Waals surface area contributed by atoms with Crippen LogP contribution in [-0.2, 0) is 14.8 Å². The van der Waals surface area contributed by atoms with Gasteiger partial charge in [-0.2, -0.15) is 0 Å². The van der Waals surface area contributed by atoms with Gasteiger partial charge in [0.05, 0.1) is 10.9 Å². The molecule has 1 aromatic carbocycles. The average Bonchev–Trinajstić information content (AvgIpc) is 2.52. The first-order valence-corrected chi connectivity index (χ1v) is 9.81. The molecule has 1 aliphatic heterocycles. The minimum atomic E-state index is -3.84. The van der Waals surface area contributed by atoms with E-state index < -0.39 is 27.9 Å². The molecule has 1 fully saturated rings. The number of carbonyl (C=O) groups excluding carboxylic acids is 1. The summed E-state index contributed by atoms with van der Waals surface area (Å²) >= 11 is 0. The van der Waals surface area contributed by atoms with Gasteiger partial charge in [0, 0.05) is 19.1 Å². The maximum absolute atomic E-state index is 13.3. The van der Waals surface area contributed by atoms with Crippen molar-refractivity contribution < 1.29 is 17.6 Å². The van der Waals surface area contributed by atoms with Gasteiger partial charge in [0.2, 0.25) is 15.9 Å². The second kappa shape index (κ2) is 7.39. The fourth-order valence-electron chi connectivity index (χ4n) is 2.76. The molecule has 0 saturated carbocycles. The highest BCUT2D eigenvalue weighted by Crippen LogP contribution is 2.22. The van der Waals surface area contributed by atoms with Crippen LogP contribution in [0.3, 0.4) is 0 Å². The Bertz CT molecular complexity index is 731. The van der Waals surface area contributed by atoms with Crippen LogP contribution < -0.4 is 10.5 Å². The third-order valence-electron chi connectivity index (χ3n) is 4.36. The monoisotopic (exact) mass is 371 g/mol. The third kappa shape index (κ3) is 4.99. The maximum Gasteiger partial charge on any atom is 0.240 e. The first-order valence-electron chi connectivity index (χ1n) is 8.33. The smallest absolute Gasteiger partial charge is 0.240 e. The van der Waals surface area contributed by atoms with Gasteiger partial charge >= 0.3 is 0 Å². The summed E-state index contributed by atoms with van der Waals surface area (Å²) in [6, 6.07) is 3.79. The summed E-state index contributed by atoms with van der Waals surface area (Å²) in [5.74, 6) is -0.790. The zero-order valence-corrected chi connectivity index (χ0v) is 15.6. The van der Waals surface area contributed by atoms with Gasteiger partial charge in [-0.1, -0.05) is 26.8 Å². The standard InChI is InChI=1S/C17H26FN3O3S/c1-17(2,3)15(19)16(22)21-9-5-7-13(11-21)20-25(23,24)14-8-4-6-12(18)10-14/h4,6,8,10,13,15,20H,5,7,9,11,19H2,1-3H3/t13?,15-/m1/s1. The minimum Gasteiger partial charge on any atom is -0.340 e. The number of hydrogen-bond acceptors (Lipinski definition) is 4. The largest absolute Gasteiger partial charge is 0.340 e. The summed E-state index contributed by atoms with van der Waals surface area (Å²) in [5, 5.41) is 0. The van der Waals surface area contributed by atoms with Crippen LogP contribution in [0.1, 0.15) is 33.6 Å². The van der Waals surface area contributed by atoms with Crippen LogP contribution in [0.2, 0.25) is 0 Å². The molecule has 1 amide bonds. The summed E-state index contributed by atoms with van der Waals surface area (Å²) in [6.07, 6.45) is 1.29. The second-order valence-electron chi connectivity index (χ2n) is 7.55. The fourth-order valence-corrected chi connectivity index (χ4v) is 4.06. The molecule has 2 rings (SSSR count). The van der Waals surface area contributed by atoms with E-state index in [1.807, 2.05) is 20.8 Å². The lowest BCUT2D eigenvalue weighted by atomic mass is 9.86. The summed E-state index contributed by atoms with van der Waals surface area (Å²) in [7, 11) is -3.84. The van der Waals surface area contributed by atoms with Gasteiger partial charge in [-0.25, -0.2) is 17.5 Å². The number of nitrogens with two attached hydrogens (primary N) is 1. The maximum atomic E-state index is 13.3.